The molecule has 1 aromatic carbocycles. The number of aromatic nitrogens is 1. The summed E-state index contributed by atoms with van der Waals surface area (Å²) in [5.41, 5.74) is 1.44. The fourth-order valence-corrected chi connectivity index (χ4v) is 2.34. The van der Waals surface area contributed by atoms with E-state index in [4.69, 9.17) is 9.94 Å². The van der Waals surface area contributed by atoms with Crippen LogP contribution < -0.4 is 10.1 Å². The molecule has 0 radical (unpaired) electrons. The highest BCUT2D eigenvalue weighted by Gasteiger charge is 2.10. The van der Waals surface area contributed by atoms with Crippen LogP contribution in [0.5, 0.6) is 5.75 Å². The van der Waals surface area contributed by atoms with E-state index in [9.17, 15) is 4.79 Å². The molecule has 0 aliphatic rings. The highest BCUT2D eigenvalue weighted by Crippen LogP contribution is 2.18. The molecule has 6 nitrogen and oxygen atoms in total. The second-order valence-electron chi connectivity index (χ2n) is 4.13. The van der Waals surface area contributed by atoms with Crippen molar-refractivity contribution in [1.82, 2.24) is 4.98 Å². The van der Waals surface area contributed by atoms with E-state index in [1.165, 1.54) is 11.3 Å². The van der Waals surface area contributed by atoms with Crippen LogP contribution in [0, 0.1) is 0 Å². The van der Waals surface area contributed by atoms with E-state index >= 15 is 0 Å². The van der Waals surface area contributed by atoms with Crippen LogP contribution in [0.4, 0.5) is 5.13 Å². The number of anilines is 1. The van der Waals surface area contributed by atoms with Crippen LogP contribution in [0.25, 0.3) is 0 Å². The van der Waals surface area contributed by atoms with Crippen LogP contribution in [-0.4, -0.2) is 28.4 Å². The number of rotatable bonds is 5. The molecule has 2 rings (SSSR count). The van der Waals surface area contributed by atoms with Crippen LogP contribution in [0.1, 0.15) is 29.9 Å². The molecular weight excluding hydrogens is 290 g/mol. The zero-order chi connectivity index (χ0) is 15.2. The lowest BCUT2D eigenvalue weighted by molar-refractivity contribution is 0.102. The minimum atomic E-state index is -0.252. The summed E-state index contributed by atoms with van der Waals surface area (Å²) in [6, 6.07) is 6.87. The average molecular weight is 305 g/mol. The molecule has 1 aromatic heterocycles. The number of ether oxygens (including phenoxy) is 1. The molecule has 0 spiro atoms. The highest BCUT2D eigenvalue weighted by atomic mass is 32.1. The second-order valence-corrected chi connectivity index (χ2v) is 4.99. The first kappa shape index (κ1) is 15.0. The lowest BCUT2D eigenvalue weighted by atomic mass is 10.2. The molecule has 0 atom stereocenters. The summed E-state index contributed by atoms with van der Waals surface area (Å²) < 4.78 is 5.32. The van der Waals surface area contributed by atoms with Crippen LogP contribution in [0.3, 0.4) is 0 Å². The molecule has 2 N–H and O–H groups in total. The van der Waals surface area contributed by atoms with E-state index in [1.54, 1.807) is 36.6 Å². The number of amides is 1. The molecule has 2 aromatic rings. The molecular formula is C14H15N3O3S. The standard InChI is InChI=1S/C14H15N3O3S/c1-3-20-11-6-4-10(5-7-11)13(18)16-14-15-12(8-21-14)9(2)17-19/h4-8,19H,3H2,1-2H3,(H,15,16,18). The molecule has 0 aliphatic carbocycles. The van der Waals surface area contributed by atoms with Gasteiger partial charge in [-0.05, 0) is 38.1 Å². The van der Waals surface area contributed by atoms with Gasteiger partial charge in [-0.25, -0.2) is 4.98 Å². The Kier molecular flexibility index (Phi) is 4.89. The van der Waals surface area contributed by atoms with Crippen LogP contribution >= 0.6 is 11.3 Å². The molecule has 0 fully saturated rings. The second kappa shape index (κ2) is 6.85. The number of carbonyl (C=O) groups is 1. The average Bonchev–Trinajstić information content (AvgIpc) is 2.96. The molecule has 110 valence electrons. The lowest BCUT2D eigenvalue weighted by Gasteiger charge is -2.04. The Hall–Kier alpha value is -2.41. The summed E-state index contributed by atoms with van der Waals surface area (Å²) in [5.74, 6) is 0.470. The van der Waals surface area contributed by atoms with Gasteiger partial charge in [0.25, 0.3) is 5.91 Å². The third-order valence-corrected chi connectivity index (χ3v) is 3.43. The van der Waals surface area contributed by atoms with Gasteiger partial charge in [0.2, 0.25) is 0 Å². The maximum atomic E-state index is 12.1. The van der Waals surface area contributed by atoms with Gasteiger partial charge in [-0.2, -0.15) is 0 Å². The first-order valence-electron chi connectivity index (χ1n) is 6.32. The quantitative estimate of drug-likeness (QED) is 0.505. The molecule has 0 unspecified atom stereocenters. The van der Waals surface area contributed by atoms with Gasteiger partial charge in [0.15, 0.2) is 5.13 Å². The van der Waals surface area contributed by atoms with Crippen LogP contribution in [0.2, 0.25) is 0 Å². The highest BCUT2D eigenvalue weighted by molar-refractivity contribution is 7.14. The SMILES string of the molecule is CCOc1ccc(C(=O)Nc2nc(C(C)=NO)cs2)cc1. The smallest absolute Gasteiger partial charge is 0.257 e. The fraction of sp³-hybridized carbons (Fsp3) is 0.214. The first-order chi connectivity index (χ1) is 10.1. The number of hydrogen-bond acceptors (Lipinski definition) is 6. The van der Waals surface area contributed by atoms with Gasteiger partial charge in [-0.1, -0.05) is 5.16 Å². The number of hydrogen-bond donors (Lipinski definition) is 2. The van der Waals surface area contributed by atoms with Crippen molar-refractivity contribution in [2.75, 3.05) is 11.9 Å². The number of oxime groups is 1. The van der Waals surface area contributed by atoms with Gasteiger partial charge in [0.05, 0.1) is 6.61 Å². The third-order valence-electron chi connectivity index (χ3n) is 2.67. The molecule has 21 heavy (non-hydrogen) atoms. The van der Waals surface area contributed by atoms with E-state index in [1.807, 2.05) is 6.92 Å². The maximum absolute atomic E-state index is 12.1. The van der Waals surface area contributed by atoms with Crippen molar-refractivity contribution in [1.29, 1.82) is 0 Å². The van der Waals surface area contributed by atoms with Crippen molar-refractivity contribution in [3.05, 3.63) is 40.9 Å². The molecule has 1 amide bonds. The molecule has 0 bridgehead atoms. The summed E-state index contributed by atoms with van der Waals surface area (Å²) in [5, 5.41) is 16.6. The minimum absolute atomic E-state index is 0.252. The van der Waals surface area contributed by atoms with Crippen molar-refractivity contribution in [3.8, 4) is 5.75 Å². The van der Waals surface area contributed by atoms with E-state index in [0.717, 1.165) is 5.75 Å². The summed E-state index contributed by atoms with van der Waals surface area (Å²) in [6.45, 7) is 4.12. The van der Waals surface area contributed by atoms with Crippen molar-refractivity contribution in [3.63, 3.8) is 0 Å². The van der Waals surface area contributed by atoms with Crippen LogP contribution in [-0.2, 0) is 0 Å². The molecule has 1 heterocycles. The monoisotopic (exact) mass is 305 g/mol. The number of nitrogens with one attached hydrogen (secondary N) is 1. The normalized spacial score (nSPS) is 11.2. The Labute approximate surface area is 126 Å². The Balaban J connectivity index is 2.05. The van der Waals surface area contributed by atoms with E-state index in [2.05, 4.69) is 15.5 Å². The summed E-state index contributed by atoms with van der Waals surface area (Å²) >= 11 is 1.27. The molecule has 0 saturated carbocycles. The number of nitrogens with zero attached hydrogens (tertiary/aromatic N) is 2. The van der Waals surface area contributed by atoms with Crippen molar-refractivity contribution < 1.29 is 14.7 Å². The van der Waals surface area contributed by atoms with Gasteiger partial charge in [0.1, 0.15) is 17.2 Å². The van der Waals surface area contributed by atoms with Gasteiger partial charge >= 0.3 is 0 Å². The summed E-state index contributed by atoms with van der Waals surface area (Å²) in [4.78, 5) is 16.2. The lowest BCUT2D eigenvalue weighted by Crippen LogP contribution is -2.11. The predicted octanol–water partition coefficient (Wildman–Crippen LogP) is 2.99. The van der Waals surface area contributed by atoms with Crippen molar-refractivity contribution >= 4 is 28.1 Å². The molecule has 0 saturated heterocycles. The topological polar surface area (TPSA) is 83.8 Å². The van der Waals surface area contributed by atoms with Crippen molar-refractivity contribution in [2.24, 2.45) is 5.16 Å². The van der Waals surface area contributed by atoms with Gasteiger partial charge < -0.3 is 9.94 Å². The maximum Gasteiger partial charge on any atom is 0.257 e. The van der Waals surface area contributed by atoms with Crippen LogP contribution in [0.15, 0.2) is 34.8 Å². The minimum Gasteiger partial charge on any atom is -0.494 e. The number of benzene rings is 1. The Morgan fingerprint density at radius 1 is 1.43 bits per heavy atom. The third kappa shape index (κ3) is 3.79. The van der Waals surface area contributed by atoms with E-state index in [-0.39, 0.29) is 5.91 Å². The predicted molar refractivity (Wildman–Crippen MR) is 81.7 cm³/mol. The Bertz CT molecular complexity index is 650. The number of carbonyl (C=O) groups excluding carboxylic acids is 1. The zero-order valence-electron chi connectivity index (χ0n) is 11.7. The number of thiazole rings is 1. The fourth-order valence-electron chi connectivity index (χ4n) is 1.59. The summed E-state index contributed by atoms with van der Waals surface area (Å²) in [7, 11) is 0. The Morgan fingerprint density at radius 2 is 2.14 bits per heavy atom. The molecule has 0 aliphatic heterocycles. The van der Waals surface area contributed by atoms with E-state index < -0.39 is 0 Å². The first-order valence-corrected chi connectivity index (χ1v) is 7.20. The zero-order valence-corrected chi connectivity index (χ0v) is 12.5. The van der Waals surface area contributed by atoms with Gasteiger partial charge in [-0.3, -0.25) is 10.1 Å². The Morgan fingerprint density at radius 3 is 2.76 bits per heavy atom. The van der Waals surface area contributed by atoms with Gasteiger partial charge in [0, 0.05) is 10.9 Å². The molecule has 7 heteroatoms. The summed E-state index contributed by atoms with van der Waals surface area (Å²) in [6.07, 6.45) is 0. The van der Waals surface area contributed by atoms with Gasteiger partial charge in [-0.15, -0.1) is 11.3 Å². The largest absolute Gasteiger partial charge is 0.494 e. The van der Waals surface area contributed by atoms with Crippen molar-refractivity contribution in [2.45, 2.75) is 13.8 Å². The van der Waals surface area contributed by atoms with E-state index in [0.29, 0.717) is 28.7 Å².